The maximum absolute atomic E-state index is 11.8. The summed E-state index contributed by atoms with van der Waals surface area (Å²) in [4.78, 5) is 34.3. The standard InChI is InChI=1S/C15H26N2O4/c1-2-6-12(15(20)21)17-14(19)10-16-13(18)9-11-7-4-3-5-8-11/h11-12H,2-10H2,1H3,(H,16,18)(H,17,19)(H,20,21). The van der Waals surface area contributed by atoms with Crippen molar-refractivity contribution in [3.8, 4) is 0 Å². The van der Waals surface area contributed by atoms with E-state index in [1.54, 1.807) is 0 Å². The van der Waals surface area contributed by atoms with Gasteiger partial charge in [-0.15, -0.1) is 0 Å². The number of carboxylic acid groups (broad SMARTS) is 1. The summed E-state index contributed by atoms with van der Waals surface area (Å²) in [6.07, 6.45) is 7.28. The number of amides is 2. The number of aliphatic carboxylic acids is 1. The van der Waals surface area contributed by atoms with E-state index in [-0.39, 0.29) is 12.5 Å². The van der Waals surface area contributed by atoms with E-state index in [2.05, 4.69) is 10.6 Å². The average molecular weight is 298 g/mol. The van der Waals surface area contributed by atoms with Gasteiger partial charge in [-0.1, -0.05) is 32.6 Å². The number of rotatable bonds is 8. The van der Waals surface area contributed by atoms with E-state index in [4.69, 9.17) is 5.11 Å². The molecule has 120 valence electrons. The molecular formula is C15H26N2O4. The molecule has 3 N–H and O–H groups in total. The molecule has 0 aromatic heterocycles. The second kappa shape index (κ2) is 9.37. The Kier molecular flexibility index (Phi) is 7.79. The molecule has 1 unspecified atom stereocenters. The lowest BCUT2D eigenvalue weighted by Crippen LogP contribution is -2.45. The molecular weight excluding hydrogens is 272 g/mol. The lowest BCUT2D eigenvalue weighted by Gasteiger charge is -2.20. The Morgan fingerprint density at radius 3 is 2.38 bits per heavy atom. The summed E-state index contributed by atoms with van der Waals surface area (Å²) in [6, 6.07) is -0.877. The second-order valence-corrected chi connectivity index (χ2v) is 5.73. The molecule has 1 saturated carbocycles. The molecule has 0 radical (unpaired) electrons. The normalized spacial score (nSPS) is 17.0. The summed E-state index contributed by atoms with van der Waals surface area (Å²) in [6.45, 7) is 1.70. The molecule has 21 heavy (non-hydrogen) atoms. The molecule has 0 aliphatic heterocycles. The van der Waals surface area contributed by atoms with Gasteiger partial charge in [0.25, 0.3) is 0 Å². The van der Waals surface area contributed by atoms with Crippen LogP contribution in [0.1, 0.15) is 58.3 Å². The Morgan fingerprint density at radius 1 is 1.14 bits per heavy atom. The monoisotopic (exact) mass is 298 g/mol. The Labute approximate surface area is 125 Å². The third-order valence-corrected chi connectivity index (χ3v) is 3.86. The zero-order chi connectivity index (χ0) is 15.7. The molecule has 0 aromatic carbocycles. The van der Waals surface area contributed by atoms with Crippen LogP contribution in [0.5, 0.6) is 0 Å². The van der Waals surface area contributed by atoms with Crippen LogP contribution in [0.25, 0.3) is 0 Å². The molecule has 2 amide bonds. The predicted molar refractivity (Wildman–Crippen MR) is 78.7 cm³/mol. The number of carbonyl (C=O) groups excluding carboxylic acids is 2. The first kappa shape index (κ1) is 17.5. The molecule has 6 heteroatoms. The highest BCUT2D eigenvalue weighted by molar-refractivity contribution is 5.87. The van der Waals surface area contributed by atoms with Crippen LogP contribution in [-0.4, -0.2) is 35.5 Å². The predicted octanol–water partition coefficient (Wildman–Crippen LogP) is 1.44. The zero-order valence-corrected chi connectivity index (χ0v) is 12.7. The first-order valence-corrected chi connectivity index (χ1v) is 7.81. The van der Waals surface area contributed by atoms with E-state index in [1.807, 2.05) is 6.92 Å². The number of hydrogen-bond donors (Lipinski definition) is 3. The Bertz CT molecular complexity index is 365. The molecule has 1 fully saturated rings. The van der Waals surface area contributed by atoms with Crippen molar-refractivity contribution in [2.24, 2.45) is 5.92 Å². The maximum atomic E-state index is 11.8. The van der Waals surface area contributed by atoms with Gasteiger partial charge in [0.1, 0.15) is 6.04 Å². The lowest BCUT2D eigenvalue weighted by atomic mass is 9.87. The van der Waals surface area contributed by atoms with Crippen molar-refractivity contribution in [3.05, 3.63) is 0 Å². The Morgan fingerprint density at radius 2 is 1.81 bits per heavy atom. The number of carboxylic acids is 1. The van der Waals surface area contributed by atoms with E-state index in [1.165, 1.54) is 19.3 Å². The summed E-state index contributed by atoms with van der Waals surface area (Å²) in [7, 11) is 0. The fourth-order valence-electron chi connectivity index (χ4n) is 2.70. The summed E-state index contributed by atoms with van der Waals surface area (Å²) in [5.41, 5.74) is 0. The first-order valence-electron chi connectivity index (χ1n) is 7.81. The quantitative estimate of drug-likeness (QED) is 0.632. The van der Waals surface area contributed by atoms with Gasteiger partial charge in [-0.3, -0.25) is 9.59 Å². The van der Waals surface area contributed by atoms with Crippen LogP contribution in [0.15, 0.2) is 0 Å². The van der Waals surface area contributed by atoms with Gasteiger partial charge >= 0.3 is 5.97 Å². The minimum Gasteiger partial charge on any atom is -0.480 e. The molecule has 1 aliphatic rings. The number of hydrogen-bond acceptors (Lipinski definition) is 3. The van der Waals surface area contributed by atoms with Gasteiger partial charge in [-0.2, -0.15) is 0 Å². The van der Waals surface area contributed by atoms with E-state index in [0.717, 1.165) is 12.8 Å². The van der Waals surface area contributed by atoms with Crippen LogP contribution in [0.4, 0.5) is 0 Å². The molecule has 0 heterocycles. The van der Waals surface area contributed by atoms with Crippen molar-refractivity contribution in [1.29, 1.82) is 0 Å². The highest BCUT2D eigenvalue weighted by Gasteiger charge is 2.20. The van der Waals surface area contributed by atoms with E-state index in [9.17, 15) is 14.4 Å². The summed E-state index contributed by atoms with van der Waals surface area (Å²) in [5.74, 6) is -1.19. The first-order chi connectivity index (χ1) is 10.0. The third-order valence-electron chi connectivity index (χ3n) is 3.86. The van der Waals surface area contributed by atoms with Crippen molar-refractivity contribution in [2.45, 2.75) is 64.3 Å². The zero-order valence-electron chi connectivity index (χ0n) is 12.7. The van der Waals surface area contributed by atoms with Crippen molar-refractivity contribution in [3.63, 3.8) is 0 Å². The van der Waals surface area contributed by atoms with Gasteiger partial charge in [0.15, 0.2) is 0 Å². The highest BCUT2D eigenvalue weighted by atomic mass is 16.4. The van der Waals surface area contributed by atoms with Gasteiger partial charge < -0.3 is 15.7 Å². The largest absolute Gasteiger partial charge is 0.480 e. The van der Waals surface area contributed by atoms with Crippen molar-refractivity contribution >= 4 is 17.8 Å². The van der Waals surface area contributed by atoms with Crippen LogP contribution in [-0.2, 0) is 14.4 Å². The minimum atomic E-state index is -1.04. The van der Waals surface area contributed by atoms with Crippen molar-refractivity contribution in [2.75, 3.05) is 6.54 Å². The number of nitrogens with one attached hydrogen (secondary N) is 2. The van der Waals surface area contributed by atoms with Gasteiger partial charge in [0.05, 0.1) is 6.54 Å². The molecule has 1 atom stereocenters. The van der Waals surface area contributed by atoms with Crippen LogP contribution < -0.4 is 10.6 Å². The second-order valence-electron chi connectivity index (χ2n) is 5.73. The highest BCUT2D eigenvalue weighted by Crippen LogP contribution is 2.25. The lowest BCUT2D eigenvalue weighted by molar-refractivity contribution is -0.141. The average Bonchev–Trinajstić information content (AvgIpc) is 2.45. The van der Waals surface area contributed by atoms with E-state index >= 15 is 0 Å². The van der Waals surface area contributed by atoms with Gasteiger partial charge in [0, 0.05) is 6.42 Å². The van der Waals surface area contributed by atoms with E-state index < -0.39 is 17.9 Å². The molecule has 0 saturated heterocycles. The van der Waals surface area contributed by atoms with Crippen LogP contribution in [0.2, 0.25) is 0 Å². The van der Waals surface area contributed by atoms with Crippen molar-refractivity contribution in [1.82, 2.24) is 10.6 Å². The summed E-state index contributed by atoms with van der Waals surface area (Å²) >= 11 is 0. The van der Waals surface area contributed by atoms with Crippen LogP contribution in [0, 0.1) is 5.92 Å². The Hall–Kier alpha value is -1.59. The minimum absolute atomic E-state index is 0.126. The fourth-order valence-corrected chi connectivity index (χ4v) is 2.70. The molecule has 0 aromatic rings. The van der Waals surface area contributed by atoms with Crippen LogP contribution >= 0.6 is 0 Å². The van der Waals surface area contributed by atoms with Crippen molar-refractivity contribution < 1.29 is 19.5 Å². The van der Waals surface area contributed by atoms with Gasteiger partial charge in [-0.05, 0) is 25.2 Å². The fraction of sp³-hybridized carbons (Fsp3) is 0.800. The molecule has 0 spiro atoms. The SMILES string of the molecule is CCCC(NC(=O)CNC(=O)CC1CCCCC1)C(=O)O. The topological polar surface area (TPSA) is 95.5 Å². The van der Waals surface area contributed by atoms with Crippen LogP contribution in [0.3, 0.4) is 0 Å². The Balaban J connectivity index is 2.24. The third kappa shape index (κ3) is 7.11. The summed E-state index contributed by atoms with van der Waals surface area (Å²) in [5, 5.41) is 13.9. The van der Waals surface area contributed by atoms with E-state index in [0.29, 0.717) is 25.2 Å². The van der Waals surface area contributed by atoms with Gasteiger partial charge in [-0.25, -0.2) is 4.79 Å². The van der Waals surface area contributed by atoms with Gasteiger partial charge in [0.2, 0.25) is 11.8 Å². The molecule has 1 aliphatic carbocycles. The molecule has 1 rings (SSSR count). The maximum Gasteiger partial charge on any atom is 0.326 e. The smallest absolute Gasteiger partial charge is 0.326 e. The number of carbonyl (C=O) groups is 3. The molecule has 6 nitrogen and oxygen atoms in total. The summed E-state index contributed by atoms with van der Waals surface area (Å²) < 4.78 is 0. The molecule has 0 bridgehead atoms.